The Morgan fingerprint density at radius 3 is 2.38 bits per heavy atom. The van der Waals surface area contributed by atoms with Gasteiger partial charge in [-0.25, -0.2) is 0 Å². The van der Waals surface area contributed by atoms with Crippen molar-refractivity contribution in [2.45, 2.75) is 59.8 Å². The summed E-state index contributed by atoms with van der Waals surface area (Å²) in [6.45, 7) is 11.4. The fourth-order valence-corrected chi connectivity index (χ4v) is 5.27. The van der Waals surface area contributed by atoms with Gasteiger partial charge >= 0.3 is 0 Å². The third kappa shape index (κ3) is 2.77. The van der Waals surface area contributed by atoms with Crippen LogP contribution in [0.25, 0.3) is 0 Å². The number of rotatable bonds is 5. The molecule has 3 unspecified atom stereocenters. The summed E-state index contributed by atoms with van der Waals surface area (Å²) in [6, 6.07) is 4.74. The van der Waals surface area contributed by atoms with Crippen molar-refractivity contribution >= 4 is 0 Å². The SMILES string of the molecule is CCNCC1(Cc2c(C)cc(C)cc2C)CC2CCC1C2. The topological polar surface area (TPSA) is 12.0 Å². The maximum absolute atomic E-state index is 3.69. The third-order valence-electron chi connectivity index (χ3n) is 6.20. The quantitative estimate of drug-likeness (QED) is 0.835. The van der Waals surface area contributed by atoms with Crippen LogP contribution in [0, 0.1) is 38.0 Å². The molecule has 1 aromatic rings. The summed E-state index contributed by atoms with van der Waals surface area (Å²) in [5.74, 6) is 1.97. The van der Waals surface area contributed by atoms with Crippen molar-refractivity contribution in [3.63, 3.8) is 0 Å². The van der Waals surface area contributed by atoms with Gasteiger partial charge in [0, 0.05) is 6.54 Å². The van der Waals surface area contributed by atoms with E-state index in [4.69, 9.17) is 0 Å². The van der Waals surface area contributed by atoms with Gasteiger partial charge in [0.2, 0.25) is 0 Å². The van der Waals surface area contributed by atoms with Crippen molar-refractivity contribution in [2.24, 2.45) is 17.3 Å². The van der Waals surface area contributed by atoms with Crippen molar-refractivity contribution in [1.29, 1.82) is 0 Å². The molecule has 1 aromatic carbocycles. The molecule has 21 heavy (non-hydrogen) atoms. The molecular weight excluding hydrogens is 254 g/mol. The molecule has 0 saturated heterocycles. The summed E-state index contributed by atoms with van der Waals surface area (Å²) >= 11 is 0. The summed E-state index contributed by atoms with van der Waals surface area (Å²) < 4.78 is 0. The van der Waals surface area contributed by atoms with Gasteiger partial charge in [-0.15, -0.1) is 0 Å². The second-order valence-corrected chi connectivity index (χ2v) is 7.78. The molecule has 3 rings (SSSR count). The van der Waals surface area contributed by atoms with E-state index < -0.39 is 0 Å². The van der Waals surface area contributed by atoms with Gasteiger partial charge in [0.25, 0.3) is 0 Å². The Hall–Kier alpha value is -0.820. The van der Waals surface area contributed by atoms with Crippen LogP contribution >= 0.6 is 0 Å². The lowest BCUT2D eigenvalue weighted by Crippen LogP contribution is -2.40. The zero-order chi connectivity index (χ0) is 15.0. The lowest BCUT2D eigenvalue weighted by molar-refractivity contribution is 0.157. The van der Waals surface area contributed by atoms with Gasteiger partial charge in [0.15, 0.2) is 0 Å². The minimum Gasteiger partial charge on any atom is -0.316 e. The highest BCUT2D eigenvalue weighted by Crippen LogP contribution is 2.57. The number of benzene rings is 1. The van der Waals surface area contributed by atoms with Crippen molar-refractivity contribution in [2.75, 3.05) is 13.1 Å². The standard InChI is InChI=1S/C20H31N/c1-5-21-13-20(11-17-6-7-18(20)10-17)12-19-15(3)8-14(2)9-16(19)4/h8-9,17-18,21H,5-7,10-13H2,1-4H3. The van der Waals surface area contributed by atoms with E-state index in [0.717, 1.165) is 18.4 Å². The molecule has 2 fully saturated rings. The van der Waals surface area contributed by atoms with Crippen LogP contribution < -0.4 is 5.32 Å². The minimum absolute atomic E-state index is 0.531. The zero-order valence-electron chi connectivity index (χ0n) is 14.3. The molecule has 0 spiro atoms. The van der Waals surface area contributed by atoms with Crippen molar-refractivity contribution in [1.82, 2.24) is 5.32 Å². The highest BCUT2D eigenvalue weighted by molar-refractivity contribution is 5.38. The highest BCUT2D eigenvalue weighted by atomic mass is 14.9. The monoisotopic (exact) mass is 285 g/mol. The van der Waals surface area contributed by atoms with Gasteiger partial charge < -0.3 is 5.32 Å². The molecule has 0 heterocycles. The molecule has 0 amide bonds. The molecule has 0 aromatic heterocycles. The van der Waals surface area contributed by atoms with E-state index in [1.807, 2.05) is 0 Å². The summed E-state index contributed by atoms with van der Waals surface area (Å²) in [6.07, 6.45) is 7.20. The molecule has 116 valence electrons. The summed E-state index contributed by atoms with van der Waals surface area (Å²) in [7, 11) is 0. The Morgan fingerprint density at radius 2 is 1.86 bits per heavy atom. The molecule has 0 radical (unpaired) electrons. The van der Waals surface area contributed by atoms with Gasteiger partial charge in [0.1, 0.15) is 0 Å². The van der Waals surface area contributed by atoms with Crippen LogP contribution in [0.2, 0.25) is 0 Å². The van der Waals surface area contributed by atoms with E-state index in [-0.39, 0.29) is 0 Å². The first-order valence-corrected chi connectivity index (χ1v) is 8.81. The van der Waals surface area contributed by atoms with E-state index in [9.17, 15) is 0 Å². The fourth-order valence-electron chi connectivity index (χ4n) is 5.27. The van der Waals surface area contributed by atoms with Crippen LogP contribution in [0.15, 0.2) is 12.1 Å². The van der Waals surface area contributed by atoms with Crippen LogP contribution in [0.1, 0.15) is 54.9 Å². The van der Waals surface area contributed by atoms with E-state index in [1.54, 1.807) is 5.56 Å². The van der Waals surface area contributed by atoms with Crippen molar-refractivity contribution < 1.29 is 0 Å². The Bertz CT molecular complexity index is 496. The van der Waals surface area contributed by atoms with Gasteiger partial charge in [-0.05, 0) is 86.9 Å². The Morgan fingerprint density at radius 1 is 1.14 bits per heavy atom. The van der Waals surface area contributed by atoms with Crippen LogP contribution in [0.4, 0.5) is 0 Å². The lowest BCUT2D eigenvalue weighted by atomic mass is 9.68. The van der Waals surface area contributed by atoms with Crippen LogP contribution in [-0.2, 0) is 6.42 Å². The van der Waals surface area contributed by atoms with Crippen LogP contribution in [-0.4, -0.2) is 13.1 Å². The Kier molecular flexibility index (Phi) is 4.14. The molecule has 1 nitrogen and oxygen atoms in total. The lowest BCUT2D eigenvalue weighted by Gasteiger charge is -2.39. The fraction of sp³-hybridized carbons (Fsp3) is 0.700. The van der Waals surface area contributed by atoms with Gasteiger partial charge in [-0.3, -0.25) is 0 Å². The normalized spacial score (nSPS) is 31.0. The second kappa shape index (κ2) is 5.76. The molecule has 2 aliphatic rings. The predicted molar refractivity (Wildman–Crippen MR) is 90.8 cm³/mol. The Balaban J connectivity index is 1.89. The first kappa shape index (κ1) is 15.1. The number of nitrogens with one attached hydrogen (secondary N) is 1. The second-order valence-electron chi connectivity index (χ2n) is 7.78. The maximum atomic E-state index is 3.69. The summed E-state index contributed by atoms with van der Waals surface area (Å²) in [4.78, 5) is 0. The predicted octanol–water partition coefficient (Wildman–Crippen LogP) is 4.57. The van der Waals surface area contributed by atoms with E-state index in [2.05, 4.69) is 45.1 Å². The highest BCUT2D eigenvalue weighted by Gasteiger charge is 2.50. The molecule has 2 bridgehead atoms. The largest absolute Gasteiger partial charge is 0.316 e. The number of aryl methyl sites for hydroxylation is 3. The molecule has 2 saturated carbocycles. The zero-order valence-corrected chi connectivity index (χ0v) is 14.3. The van der Waals surface area contributed by atoms with Crippen LogP contribution in [0.3, 0.4) is 0 Å². The average Bonchev–Trinajstić information content (AvgIpc) is 3.01. The molecule has 1 heteroatoms. The number of fused-ring (bicyclic) bond motifs is 2. The maximum Gasteiger partial charge on any atom is 0.00136 e. The molecule has 2 aliphatic carbocycles. The molecule has 1 N–H and O–H groups in total. The Labute approximate surface area is 130 Å². The van der Waals surface area contributed by atoms with Crippen LogP contribution in [0.5, 0.6) is 0 Å². The van der Waals surface area contributed by atoms with Gasteiger partial charge in [-0.2, -0.15) is 0 Å². The van der Waals surface area contributed by atoms with E-state index in [0.29, 0.717) is 5.41 Å². The first-order chi connectivity index (χ1) is 10.0. The van der Waals surface area contributed by atoms with E-state index >= 15 is 0 Å². The average molecular weight is 285 g/mol. The molecular formula is C20H31N. The smallest absolute Gasteiger partial charge is 0.00136 e. The molecule has 0 aliphatic heterocycles. The third-order valence-corrected chi connectivity index (χ3v) is 6.20. The number of hydrogen-bond acceptors (Lipinski definition) is 1. The minimum atomic E-state index is 0.531. The summed E-state index contributed by atoms with van der Waals surface area (Å²) in [5, 5.41) is 3.69. The van der Waals surface area contributed by atoms with Crippen molar-refractivity contribution in [3.05, 3.63) is 34.4 Å². The first-order valence-electron chi connectivity index (χ1n) is 8.81. The van der Waals surface area contributed by atoms with Crippen molar-refractivity contribution in [3.8, 4) is 0 Å². The summed E-state index contributed by atoms with van der Waals surface area (Å²) in [5.41, 5.74) is 6.58. The molecule has 3 atom stereocenters. The number of hydrogen-bond donors (Lipinski definition) is 1. The van der Waals surface area contributed by atoms with Gasteiger partial charge in [0.05, 0.1) is 0 Å². The van der Waals surface area contributed by atoms with E-state index in [1.165, 1.54) is 55.3 Å². The van der Waals surface area contributed by atoms with Gasteiger partial charge in [-0.1, -0.05) is 31.0 Å².